The third-order valence-corrected chi connectivity index (χ3v) is 3.63. The lowest BCUT2D eigenvalue weighted by Gasteiger charge is -2.24. The smallest absolute Gasteiger partial charge is 0.336 e. The summed E-state index contributed by atoms with van der Waals surface area (Å²) in [4.78, 5) is 11.5. The number of benzene rings is 1. The van der Waals surface area contributed by atoms with Crippen molar-refractivity contribution in [3.63, 3.8) is 0 Å². The van der Waals surface area contributed by atoms with Crippen molar-refractivity contribution in [3.05, 3.63) is 46.5 Å². The Morgan fingerprint density at radius 1 is 1.19 bits per heavy atom. The molecule has 0 aliphatic heterocycles. The maximum absolute atomic E-state index is 11.5. The van der Waals surface area contributed by atoms with Gasteiger partial charge < -0.3 is 19.0 Å². The highest BCUT2D eigenvalue weighted by Crippen LogP contribution is 2.30. The normalized spacial score (nSPS) is 13.9. The second-order valence-electron chi connectivity index (χ2n) is 5.74. The fourth-order valence-corrected chi connectivity index (χ4v) is 2.35. The average molecular weight is 288 g/mol. The summed E-state index contributed by atoms with van der Waals surface area (Å²) in [5.74, 6) is 0. The highest BCUT2D eigenvalue weighted by Gasteiger charge is 2.27. The molecule has 2 heterocycles. The summed E-state index contributed by atoms with van der Waals surface area (Å²) < 4.78 is 10.7. The monoisotopic (exact) mass is 288 g/mol. The minimum atomic E-state index is -1.27. The Morgan fingerprint density at radius 3 is 2.62 bits per heavy atom. The Bertz CT molecular complexity index is 850. The van der Waals surface area contributed by atoms with Crippen molar-refractivity contribution in [1.29, 1.82) is 0 Å². The molecule has 21 heavy (non-hydrogen) atoms. The van der Waals surface area contributed by atoms with E-state index in [9.17, 15) is 15.0 Å². The molecule has 0 amide bonds. The van der Waals surface area contributed by atoms with E-state index < -0.39 is 17.3 Å². The van der Waals surface area contributed by atoms with E-state index in [4.69, 9.17) is 8.83 Å². The first-order chi connectivity index (χ1) is 9.86. The first-order valence-corrected chi connectivity index (χ1v) is 6.69. The molecule has 2 N–H and O–H groups in total. The zero-order chi connectivity index (χ0) is 15.2. The van der Waals surface area contributed by atoms with Crippen molar-refractivity contribution in [2.45, 2.75) is 32.0 Å². The van der Waals surface area contributed by atoms with Gasteiger partial charge in [-0.1, -0.05) is 0 Å². The van der Waals surface area contributed by atoms with Crippen LogP contribution in [0, 0.1) is 0 Å². The Morgan fingerprint density at radius 2 is 1.90 bits per heavy atom. The Hall–Kier alpha value is -2.11. The molecule has 0 aliphatic carbocycles. The van der Waals surface area contributed by atoms with Crippen molar-refractivity contribution in [2.75, 3.05) is 0 Å². The summed E-state index contributed by atoms with van der Waals surface area (Å²) in [6.45, 7) is 3.05. The molecule has 1 atom stereocenters. The predicted octanol–water partition coefficient (Wildman–Crippen LogP) is 2.21. The van der Waals surface area contributed by atoms with Crippen molar-refractivity contribution in [3.8, 4) is 0 Å². The maximum atomic E-state index is 11.5. The number of fused-ring (bicyclic) bond motifs is 2. The third kappa shape index (κ3) is 2.46. The second-order valence-corrected chi connectivity index (χ2v) is 5.74. The van der Waals surface area contributed by atoms with Gasteiger partial charge in [-0.15, -0.1) is 0 Å². The van der Waals surface area contributed by atoms with Gasteiger partial charge in [0.2, 0.25) is 0 Å². The minimum Gasteiger partial charge on any atom is -0.464 e. The van der Waals surface area contributed by atoms with Gasteiger partial charge in [-0.2, -0.15) is 0 Å². The van der Waals surface area contributed by atoms with Crippen LogP contribution in [0.3, 0.4) is 0 Å². The second kappa shape index (κ2) is 4.72. The van der Waals surface area contributed by atoms with Crippen LogP contribution in [0.1, 0.15) is 19.4 Å². The van der Waals surface area contributed by atoms with Gasteiger partial charge in [-0.3, -0.25) is 0 Å². The molecular formula is C16H16O5. The van der Waals surface area contributed by atoms with Crippen LogP contribution in [0.2, 0.25) is 0 Å². The number of furan rings is 1. The van der Waals surface area contributed by atoms with Crippen LogP contribution < -0.4 is 5.63 Å². The van der Waals surface area contributed by atoms with E-state index in [0.717, 1.165) is 10.8 Å². The van der Waals surface area contributed by atoms with Crippen LogP contribution in [0.15, 0.2) is 44.2 Å². The average Bonchev–Trinajstić information content (AvgIpc) is 2.85. The summed E-state index contributed by atoms with van der Waals surface area (Å²) >= 11 is 0. The molecule has 3 rings (SSSR count). The van der Waals surface area contributed by atoms with Crippen LogP contribution in [0.25, 0.3) is 21.9 Å². The van der Waals surface area contributed by atoms with Crippen LogP contribution in [0.4, 0.5) is 0 Å². The van der Waals surface area contributed by atoms with Crippen LogP contribution >= 0.6 is 0 Å². The maximum Gasteiger partial charge on any atom is 0.336 e. The SMILES string of the molecule is CC(C)(O)C(O)Cc1c2occc2cc2ccc(=O)oc12. The quantitative estimate of drug-likeness (QED) is 0.722. The molecule has 5 heteroatoms. The summed E-state index contributed by atoms with van der Waals surface area (Å²) in [6.07, 6.45) is 0.654. The lowest BCUT2D eigenvalue weighted by Crippen LogP contribution is -2.37. The Kier molecular flexibility index (Phi) is 3.11. The minimum absolute atomic E-state index is 0.123. The molecule has 0 aliphatic rings. The summed E-state index contributed by atoms with van der Waals surface area (Å²) in [5.41, 5.74) is -0.212. The molecule has 0 fully saturated rings. The number of aliphatic hydroxyl groups is 2. The molecule has 3 aromatic rings. The molecule has 0 radical (unpaired) electrons. The fraction of sp³-hybridized carbons (Fsp3) is 0.312. The third-order valence-electron chi connectivity index (χ3n) is 3.63. The van der Waals surface area contributed by atoms with Crippen LogP contribution in [-0.4, -0.2) is 21.9 Å². The molecule has 0 bridgehead atoms. The number of aliphatic hydroxyl groups excluding tert-OH is 1. The number of hydrogen-bond donors (Lipinski definition) is 2. The van der Waals surface area contributed by atoms with E-state index in [1.54, 1.807) is 18.4 Å². The van der Waals surface area contributed by atoms with Crippen LogP contribution in [0.5, 0.6) is 0 Å². The first kappa shape index (κ1) is 13.9. The van der Waals surface area contributed by atoms with Crippen LogP contribution in [-0.2, 0) is 6.42 Å². The van der Waals surface area contributed by atoms with Gasteiger partial charge in [0.1, 0.15) is 11.2 Å². The molecule has 5 nitrogen and oxygen atoms in total. The van der Waals surface area contributed by atoms with Gasteiger partial charge in [-0.25, -0.2) is 4.79 Å². The zero-order valence-electron chi connectivity index (χ0n) is 11.8. The summed E-state index contributed by atoms with van der Waals surface area (Å²) in [6, 6.07) is 6.69. The van der Waals surface area contributed by atoms with Gasteiger partial charge in [0.15, 0.2) is 0 Å². The Balaban J connectivity index is 2.27. The highest BCUT2D eigenvalue weighted by atomic mass is 16.4. The lowest BCUT2D eigenvalue weighted by atomic mass is 9.93. The van der Waals surface area contributed by atoms with E-state index in [2.05, 4.69) is 0 Å². The molecule has 2 aromatic heterocycles. The van der Waals surface area contributed by atoms with Crippen molar-refractivity contribution < 1.29 is 19.0 Å². The molecule has 0 saturated carbocycles. The number of hydrogen-bond acceptors (Lipinski definition) is 5. The van der Waals surface area contributed by atoms with E-state index in [-0.39, 0.29) is 6.42 Å². The van der Waals surface area contributed by atoms with Crippen molar-refractivity contribution in [2.24, 2.45) is 0 Å². The summed E-state index contributed by atoms with van der Waals surface area (Å²) in [7, 11) is 0. The Labute approximate surface area is 120 Å². The number of rotatable bonds is 3. The summed E-state index contributed by atoms with van der Waals surface area (Å²) in [5, 5.41) is 21.7. The predicted molar refractivity (Wildman–Crippen MR) is 78.3 cm³/mol. The van der Waals surface area contributed by atoms with Gasteiger partial charge in [-0.05, 0) is 32.0 Å². The molecule has 0 spiro atoms. The molecule has 1 aromatic carbocycles. The largest absolute Gasteiger partial charge is 0.464 e. The zero-order valence-corrected chi connectivity index (χ0v) is 11.8. The highest BCUT2D eigenvalue weighted by molar-refractivity contribution is 5.96. The molecule has 1 unspecified atom stereocenters. The van der Waals surface area contributed by atoms with Crippen molar-refractivity contribution >= 4 is 21.9 Å². The van der Waals surface area contributed by atoms with Gasteiger partial charge >= 0.3 is 5.63 Å². The van der Waals surface area contributed by atoms with E-state index in [0.29, 0.717) is 16.7 Å². The van der Waals surface area contributed by atoms with Gasteiger partial charge in [0, 0.05) is 28.8 Å². The standard InChI is InChI=1S/C16H16O5/c1-16(2,19)12(17)8-11-14-10(5-6-20-14)7-9-3-4-13(18)21-15(9)11/h3-7,12,17,19H,8H2,1-2H3. The van der Waals surface area contributed by atoms with Gasteiger partial charge in [0.25, 0.3) is 0 Å². The van der Waals surface area contributed by atoms with E-state index in [1.165, 1.54) is 19.9 Å². The van der Waals surface area contributed by atoms with Gasteiger partial charge in [0.05, 0.1) is 18.0 Å². The molecule has 110 valence electrons. The first-order valence-electron chi connectivity index (χ1n) is 6.69. The van der Waals surface area contributed by atoms with E-state index >= 15 is 0 Å². The molecular weight excluding hydrogens is 272 g/mol. The lowest BCUT2D eigenvalue weighted by molar-refractivity contribution is -0.0468. The molecule has 0 saturated heterocycles. The fourth-order valence-electron chi connectivity index (χ4n) is 2.35. The van der Waals surface area contributed by atoms with E-state index in [1.807, 2.05) is 6.07 Å². The topological polar surface area (TPSA) is 83.8 Å². The van der Waals surface area contributed by atoms with Crippen molar-refractivity contribution in [1.82, 2.24) is 0 Å².